The number of amides is 2. The Morgan fingerprint density at radius 2 is 2.24 bits per heavy atom. The molecule has 1 aromatic heterocycles. The van der Waals surface area contributed by atoms with Crippen LogP contribution < -0.4 is 5.32 Å². The molecule has 1 aromatic rings. The Morgan fingerprint density at radius 1 is 1.48 bits per heavy atom. The molecule has 6 heteroatoms. The first-order valence-corrected chi connectivity index (χ1v) is 7.57. The molecule has 1 saturated heterocycles. The van der Waals surface area contributed by atoms with Crippen molar-refractivity contribution in [3.63, 3.8) is 0 Å². The van der Waals surface area contributed by atoms with E-state index in [9.17, 15) is 9.59 Å². The van der Waals surface area contributed by atoms with Gasteiger partial charge in [0.15, 0.2) is 0 Å². The Hall–Kier alpha value is -1.85. The van der Waals surface area contributed by atoms with Crippen LogP contribution in [0.1, 0.15) is 44.8 Å². The van der Waals surface area contributed by atoms with E-state index in [1.54, 1.807) is 11.1 Å². The van der Waals surface area contributed by atoms with Crippen LogP contribution in [0.25, 0.3) is 0 Å². The Morgan fingerprint density at radius 3 is 2.86 bits per heavy atom. The number of carbonyl (C=O) groups excluding carboxylic acids is 2. The van der Waals surface area contributed by atoms with E-state index in [2.05, 4.69) is 10.3 Å². The van der Waals surface area contributed by atoms with Gasteiger partial charge in [-0.25, -0.2) is 4.98 Å². The highest BCUT2D eigenvalue weighted by Gasteiger charge is 2.51. The van der Waals surface area contributed by atoms with E-state index >= 15 is 0 Å². The van der Waals surface area contributed by atoms with Gasteiger partial charge in [-0.15, -0.1) is 0 Å². The van der Waals surface area contributed by atoms with Gasteiger partial charge in [-0.3, -0.25) is 9.59 Å². The first-order chi connectivity index (χ1) is 10.0. The summed E-state index contributed by atoms with van der Waals surface area (Å²) in [5.41, 5.74) is -0.770. The van der Waals surface area contributed by atoms with Gasteiger partial charge in [0.2, 0.25) is 17.7 Å². The highest BCUT2D eigenvalue weighted by molar-refractivity contribution is 5.93. The number of carbonyl (C=O) groups is 2. The molecule has 2 amide bonds. The lowest BCUT2D eigenvalue weighted by Crippen LogP contribution is -2.56. The SMILES string of the molecule is CCc1cnc(CN2CCC(=O)NC(C)(C3CC3)C2=O)o1. The minimum atomic E-state index is -0.770. The molecule has 1 N–H and O–H groups in total. The quantitative estimate of drug-likeness (QED) is 0.906. The summed E-state index contributed by atoms with van der Waals surface area (Å²) in [4.78, 5) is 30.6. The fourth-order valence-corrected chi connectivity index (χ4v) is 2.91. The predicted octanol–water partition coefficient (Wildman–Crippen LogP) is 1.25. The molecule has 21 heavy (non-hydrogen) atoms. The van der Waals surface area contributed by atoms with Crippen molar-refractivity contribution < 1.29 is 14.0 Å². The van der Waals surface area contributed by atoms with E-state index in [0.717, 1.165) is 25.0 Å². The number of rotatable bonds is 4. The molecule has 1 atom stereocenters. The summed E-state index contributed by atoms with van der Waals surface area (Å²) in [6.07, 6.45) is 4.79. The number of hydrogen-bond acceptors (Lipinski definition) is 4. The molecular formula is C15H21N3O3. The molecule has 3 rings (SSSR count). The first-order valence-electron chi connectivity index (χ1n) is 7.57. The van der Waals surface area contributed by atoms with Crippen LogP contribution in [-0.2, 0) is 22.6 Å². The summed E-state index contributed by atoms with van der Waals surface area (Å²) >= 11 is 0. The third-order valence-electron chi connectivity index (χ3n) is 4.41. The van der Waals surface area contributed by atoms with Crippen molar-refractivity contribution in [2.75, 3.05) is 6.54 Å². The minimum Gasteiger partial charge on any atom is -0.444 e. The fourth-order valence-electron chi connectivity index (χ4n) is 2.91. The molecule has 2 fully saturated rings. The van der Waals surface area contributed by atoms with Crippen LogP contribution in [0.3, 0.4) is 0 Å². The molecule has 0 aromatic carbocycles. The number of hydrogen-bond donors (Lipinski definition) is 1. The van der Waals surface area contributed by atoms with Crippen LogP contribution in [0.4, 0.5) is 0 Å². The van der Waals surface area contributed by atoms with Gasteiger partial charge in [0.25, 0.3) is 0 Å². The van der Waals surface area contributed by atoms with Crippen molar-refractivity contribution in [3.8, 4) is 0 Å². The summed E-state index contributed by atoms with van der Waals surface area (Å²) in [5.74, 6) is 1.53. The molecule has 114 valence electrons. The smallest absolute Gasteiger partial charge is 0.248 e. The summed E-state index contributed by atoms with van der Waals surface area (Å²) in [6.45, 7) is 4.58. The lowest BCUT2D eigenvalue weighted by Gasteiger charge is -2.31. The van der Waals surface area contributed by atoms with Gasteiger partial charge in [-0.05, 0) is 25.7 Å². The van der Waals surface area contributed by atoms with Gasteiger partial charge >= 0.3 is 0 Å². The van der Waals surface area contributed by atoms with Crippen LogP contribution in [0.5, 0.6) is 0 Å². The van der Waals surface area contributed by atoms with E-state index in [0.29, 0.717) is 25.4 Å². The molecule has 1 aliphatic carbocycles. The lowest BCUT2D eigenvalue weighted by atomic mass is 9.94. The minimum absolute atomic E-state index is 0.0212. The second-order valence-corrected chi connectivity index (χ2v) is 6.08. The van der Waals surface area contributed by atoms with Gasteiger partial charge in [0, 0.05) is 19.4 Å². The van der Waals surface area contributed by atoms with Crippen molar-refractivity contribution in [3.05, 3.63) is 17.8 Å². The van der Waals surface area contributed by atoms with Gasteiger partial charge < -0.3 is 14.6 Å². The fraction of sp³-hybridized carbons (Fsp3) is 0.667. The van der Waals surface area contributed by atoms with Crippen molar-refractivity contribution in [2.45, 2.75) is 51.6 Å². The Kier molecular flexibility index (Phi) is 3.47. The monoisotopic (exact) mass is 291 g/mol. The van der Waals surface area contributed by atoms with Crippen LogP contribution in [0.15, 0.2) is 10.6 Å². The number of aryl methyl sites for hydroxylation is 1. The zero-order valence-corrected chi connectivity index (χ0v) is 12.5. The Labute approximate surface area is 123 Å². The largest absolute Gasteiger partial charge is 0.444 e. The summed E-state index contributed by atoms with van der Waals surface area (Å²) in [7, 11) is 0. The zero-order chi connectivity index (χ0) is 15.0. The number of nitrogens with zero attached hydrogens (tertiary/aromatic N) is 2. The normalized spacial score (nSPS) is 26.7. The Bertz CT molecular complexity index is 564. The van der Waals surface area contributed by atoms with E-state index in [1.807, 2.05) is 13.8 Å². The maximum absolute atomic E-state index is 12.8. The lowest BCUT2D eigenvalue weighted by molar-refractivity contribution is -0.139. The molecule has 6 nitrogen and oxygen atoms in total. The number of aromatic nitrogens is 1. The summed E-state index contributed by atoms with van der Waals surface area (Å²) in [6, 6.07) is 0. The highest BCUT2D eigenvalue weighted by Crippen LogP contribution is 2.41. The molecule has 2 heterocycles. The molecule has 1 saturated carbocycles. The average molecular weight is 291 g/mol. The topological polar surface area (TPSA) is 75.4 Å². The molecule has 1 unspecified atom stereocenters. The predicted molar refractivity (Wildman–Crippen MR) is 75.2 cm³/mol. The van der Waals surface area contributed by atoms with Crippen molar-refractivity contribution in [2.24, 2.45) is 5.92 Å². The van der Waals surface area contributed by atoms with Crippen LogP contribution in [0.2, 0.25) is 0 Å². The van der Waals surface area contributed by atoms with Crippen molar-refractivity contribution in [1.29, 1.82) is 0 Å². The van der Waals surface area contributed by atoms with E-state index in [4.69, 9.17) is 4.42 Å². The standard InChI is InChI=1S/C15H21N3O3/c1-3-11-8-16-13(21-11)9-18-7-6-12(19)17-15(2,14(18)20)10-4-5-10/h8,10H,3-7,9H2,1-2H3,(H,17,19). The summed E-state index contributed by atoms with van der Waals surface area (Å²) in [5, 5.41) is 2.92. The first kappa shape index (κ1) is 14.1. The molecule has 1 aliphatic heterocycles. The van der Waals surface area contributed by atoms with Gasteiger partial charge in [0.05, 0.1) is 12.7 Å². The number of oxazole rings is 1. The highest BCUT2D eigenvalue weighted by atomic mass is 16.4. The van der Waals surface area contributed by atoms with Crippen molar-refractivity contribution >= 4 is 11.8 Å². The molecular weight excluding hydrogens is 270 g/mol. The van der Waals surface area contributed by atoms with Crippen molar-refractivity contribution in [1.82, 2.24) is 15.2 Å². The van der Waals surface area contributed by atoms with Crippen LogP contribution in [0, 0.1) is 5.92 Å². The Balaban J connectivity index is 1.79. The van der Waals surface area contributed by atoms with Gasteiger partial charge in [-0.2, -0.15) is 0 Å². The average Bonchev–Trinajstić information content (AvgIpc) is 3.23. The van der Waals surface area contributed by atoms with Gasteiger partial charge in [0.1, 0.15) is 11.3 Å². The maximum Gasteiger partial charge on any atom is 0.248 e. The molecule has 0 bridgehead atoms. The van der Waals surface area contributed by atoms with E-state index in [-0.39, 0.29) is 17.7 Å². The number of nitrogens with one attached hydrogen (secondary N) is 1. The third-order valence-corrected chi connectivity index (χ3v) is 4.41. The molecule has 2 aliphatic rings. The summed E-state index contributed by atoms with van der Waals surface area (Å²) < 4.78 is 5.59. The van der Waals surface area contributed by atoms with Crippen LogP contribution >= 0.6 is 0 Å². The second kappa shape index (κ2) is 5.16. The van der Waals surface area contributed by atoms with Crippen LogP contribution in [-0.4, -0.2) is 33.8 Å². The maximum atomic E-state index is 12.8. The third kappa shape index (κ3) is 2.66. The molecule has 0 radical (unpaired) electrons. The zero-order valence-electron chi connectivity index (χ0n) is 12.5. The van der Waals surface area contributed by atoms with E-state index < -0.39 is 5.54 Å². The van der Waals surface area contributed by atoms with Gasteiger partial charge in [-0.1, -0.05) is 6.92 Å². The second-order valence-electron chi connectivity index (χ2n) is 6.08. The molecule has 0 spiro atoms. The van der Waals surface area contributed by atoms with E-state index in [1.165, 1.54) is 0 Å².